The van der Waals surface area contributed by atoms with Gasteiger partial charge in [0.15, 0.2) is 0 Å². The first-order valence-electron chi connectivity index (χ1n) is 17.7. The van der Waals surface area contributed by atoms with Gasteiger partial charge in [0, 0.05) is 30.7 Å². The van der Waals surface area contributed by atoms with E-state index >= 15 is 0 Å². The Hall–Kier alpha value is -3.79. The number of benzene rings is 3. The minimum absolute atomic E-state index is 0.127. The first kappa shape index (κ1) is 33.6. The van der Waals surface area contributed by atoms with Crippen molar-refractivity contribution >= 4 is 16.7 Å². The van der Waals surface area contributed by atoms with E-state index in [-0.39, 0.29) is 6.04 Å². The number of aryl methyl sites for hydroxylation is 4. The summed E-state index contributed by atoms with van der Waals surface area (Å²) in [4.78, 5) is 5.53. The topological polar surface area (TPSA) is 43.0 Å². The summed E-state index contributed by atoms with van der Waals surface area (Å²) in [6, 6.07) is 20.0. The molecule has 0 saturated carbocycles. The molecule has 5 rings (SSSR count). The zero-order valence-electron chi connectivity index (χ0n) is 29.9. The molecule has 3 aromatic carbocycles. The van der Waals surface area contributed by atoms with Gasteiger partial charge in [0.25, 0.3) is 0 Å². The van der Waals surface area contributed by atoms with Crippen molar-refractivity contribution in [1.29, 1.82) is 0 Å². The highest BCUT2D eigenvalue weighted by atomic mass is 16.3. The van der Waals surface area contributed by atoms with Gasteiger partial charge in [0.05, 0.1) is 11.3 Å². The van der Waals surface area contributed by atoms with Crippen LogP contribution in [-0.4, -0.2) is 9.55 Å². The van der Waals surface area contributed by atoms with Crippen LogP contribution in [0, 0.1) is 0 Å². The summed E-state index contributed by atoms with van der Waals surface area (Å²) >= 11 is 0. The molecule has 2 aromatic heterocycles. The molecule has 0 spiro atoms. The lowest BCUT2D eigenvalue weighted by molar-refractivity contribution is 0.558. The van der Waals surface area contributed by atoms with Gasteiger partial charge in [-0.25, -0.2) is 4.98 Å². The van der Waals surface area contributed by atoms with Crippen molar-refractivity contribution in [3.05, 3.63) is 106 Å². The van der Waals surface area contributed by atoms with E-state index in [1.54, 1.807) is 0 Å². The molecule has 244 valence electrons. The minimum atomic E-state index is -0.127. The van der Waals surface area contributed by atoms with Crippen LogP contribution >= 0.6 is 0 Å². The van der Waals surface area contributed by atoms with Gasteiger partial charge in [-0.3, -0.25) is 0 Å². The molecule has 5 aromatic rings. The standard InChI is InChI=1S/C42H55N3O/c1-11-17-29-19-16-21-32(27(6)7)40(29)44-41(38-30(18-12-2)23-31(26(4)5)24-34(38)28(8)9)42-43-35(25-45(42)10)39-33-20-14-15-22-37(33)46-36(39)13-3/h14-16,19-28,41,44H,11-13,17-18H2,1-10H3. The number of fused-ring (bicyclic) bond motifs is 1. The molecule has 1 N–H and O–H groups in total. The van der Waals surface area contributed by atoms with E-state index in [1.165, 1.54) is 39.1 Å². The fourth-order valence-electron chi connectivity index (χ4n) is 7.06. The van der Waals surface area contributed by atoms with Crippen LogP contribution < -0.4 is 5.32 Å². The highest BCUT2D eigenvalue weighted by Crippen LogP contribution is 2.42. The SMILES string of the molecule is CCCc1cccc(C(C)C)c1NC(c1c(CCC)cc(C(C)C)cc1C(C)C)c1nc(-c2c(CC)oc3ccccc23)cn1C. The Morgan fingerprint density at radius 3 is 2.13 bits per heavy atom. The van der Waals surface area contributed by atoms with E-state index in [4.69, 9.17) is 9.40 Å². The fourth-order valence-corrected chi connectivity index (χ4v) is 7.06. The van der Waals surface area contributed by atoms with Crippen LogP contribution in [-0.2, 0) is 26.3 Å². The number of hydrogen-bond acceptors (Lipinski definition) is 3. The van der Waals surface area contributed by atoms with Gasteiger partial charge in [-0.15, -0.1) is 0 Å². The van der Waals surface area contributed by atoms with Crippen LogP contribution in [0.2, 0.25) is 0 Å². The first-order valence-corrected chi connectivity index (χ1v) is 17.7. The third-order valence-corrected chi connectivity index (χ3v) is 9.45. The van der Waals surface area contributed by atoms with E-state index < -0.39 is 0 Å². The average Bonchev–Trinajstić information content (AvgIpc) is 3.60. The van der Waals surface area contributed by atoms with Gasteiger partial charge in [-0.2, -0.15) is 0 Å². The quantitative estimate of drug-likeness (QED) is 0.143. The predicted octanol–water partition coefficient (Wildman–Crippen LogP) is 11.9. The summed E-state index contributed by atoms with van der Waals surface area (Å²) < 4.78 is 8.60. The lowest BCUT2D eigenvalue weighted by atomic mass is 9.83. The van der Waals surface area contributed by atoms with E-state index in [0.717, 1.165) is 65.9 Å². The largest absolute Gasteiger partial charge is 0.460 e. The molecular formula is C42H55N3O. The molecule has 0 fully saturated rings. The number of aromatic nitrogens is 2. The van der Waals surface area contributed by atoms with Crippen molar-refractivity contribution in [2.24, 2.45) is 7.05 Å². The van der Waals surface area contributed by atoms with E-state index in [2.05, 4.69) is 134 Å². The third-order valence-electron chi connectivity index (χ3n) is 9.45. The molecule has 0 aliphatic carbocycles. The van der Waals surface area contributed by atoms with E-state index in [9.17, 15) is 0 Å². The Morgan fingerprint density at radius 2 is 1.48 bits per heavy atom. The predicted molar refractivity (Wildman–Crippen MR) is 196 cm³/mol. The van der Waals surface area contributed by atoms with Crippen molar-refractivity contribution in [3.63, 3.8) is 0 Å². The second-order valence-electron chi connectivity index (χ2n) is 14.0. The average molecular weight is 618 g/mol. The second kappa shape index (κ2) is 14.3. The second-order valence-corrected chi connectivity index (χ2v) is 14.0. The number of nitrogens with one attached hydrogen (secondary N) is 1. The number of hydrogen-bond donors (Lipinski definition) is 1. The number of anilines is 1. The van der Waals surface area contributed by atoms with Crippen molar-refractivity contribution in [2.75, 3.05) is 5.32 Å². The molecule has 46 heavy (non-hydrogen) atoms. The van der Waals surface area contributed by atoms with Gasteiger partial charge in [0.2, 0.25) is 0 Å². The molecule has 0 aliphatic heterocycles. The summed E-state index contributed by atoms with van der Waals surface area (Å²) in [6.45, 7) is 20.7. The maximum Gasteiger partial charge on any atom is 0.136 e. The summed E-state index contributed by atoms with van der Waals surface area (Å²) in [5.74, 6) is 3.24. The van der Waals surface area contributed by atoms with Crippen LogP contribution in [0.4, 0.5) is 5.69 Å². The first-order chi connectivity index (χ1) is 22.1. The molecule has 2 heterocycles. The maximum absolute atomic E-state index is 6.35. The van der Waals surface area contributed by atoms with Crippen LogP contribution in [0.1, 0.15) is 144 Å². The molecule has 1 atom stereocenters. The summed E-state index contributed by atoms with van der Waals surface area (Å²) in [5.41, 5.74) is 12.7. The molecular weight excluding hydrogens is 562 g/mol. The number of furan rings is 1. The molecule has 0 aliphatic rings. The van der Waals surface area contributed by atoms with Crippen LogP contribution in [0.15, 0.2) is 65.2 Å². The summed E-state index contributed by atoms with van der Waals surface area (Å²) in [6.07, 6.45) is 7.28. The number of nitrogens with zero attached hydrogens (tertiary/aromatic N) is 2. The van der Waals surface area contributed by atoms with E-state index in [0.29, 0.717) is 17.8 Å². The lowest BCUT2D eigenvalue weighted by Gasteiger charge is -2.30. The molecule has 1 unspecified atom stereocenters. The van der Waals surface area contributed by atoms with Crippen molar-refractivity contribution in [2.45, 2.75) is 118 Å². The smallest absolute Gasteiger partial charge is 0.136 e. The van der Waals surface area contributed by atoms with Gasteiger partial charge in [-0.1, -0.05) is 124 Å². The number of para-hydroxylation sites is 2. The van der Waals surface area contributed by atoms with Crippen LogP contribution in [0.3, 0.4) is 0 Å². The zero-order chi connectivity index (χ0) is 33.1. The van der Waals surface area contributed by atoms with Crippen molar-refractivity contribution in [3.8, 4) is 11.3 Å². The third kappa shape index (κ3) is 6.54. The Bertz CT molecular complexity index is 1780. The Morgan fingerprint density at radius 1 is 0.783 bits per heavy atom. The maximum atomic E-state index is 6.35. The van der Waals surface area contributed by atoms with Crippen molar-refractivity contribution in [1.82, 2.24) is 9.55 Å². The highest BCUT2D eigenvalue weighted by molar-refractivity contribution is 5.94. The molecule has 0 radical (unpaired) electrons. The molecule has 0 bridgehead atoms. The van der Waals surface area contributed by atoms with Gasteiger partial charge < -0.3 is 14.3 Å². The molecule has 4 nitrogen and oxygen atoms in total. The van der Waals surface area contributed by atoms with E-state index in [1.807, 2.05) is 6.07 Å². The number of rotatable bonds is 13. The lowest BCUT2D eigenvalue weighted by Crippen LogP contribution is -2.22. The normalized spacial score (nSPS) is 12.6. The number of imidazole rings is 1. The Kier molecular flexibility index (Phi) is 10.5. The molecule has 0 saturated heterocycles. The summed E-state index contributed by atoms with van der Waals surface area (Å²) in [5, 5.41) is 5.34. The van der Waals surface area contributed by atoms with Crippen molar-refractivity contribution < 1.29 is 4.42 Å². The van der Waals surface area contributed by atoms with Gasteiger partial charge in [0.1, 0.15) is 23.2 Å². The minimum Gasteiger partial charge on any atom is -0.460 e. The Balaban J connectivity index is 1.82. The summed E-state index contributed by atoms with van der Waals surface area (Å²) in [7, 11) is 2.16. The zero-order valence-corrected chi connectivity index (χ0v) is 29.9. The fraction of sp³-hybridized carbons (Fsp3) is 0.452. The molecule has 4 heteroatoms. The Labute approximate surface area is 277 Å². The van der Waals surface area contributed by atoms with Gasteiger partial charge >= 0.3 is 0 Å². The van der Waals surface area contributed by atoms with Crippen LogP contribution in [0.25, 0.3) is 22.2 Å². The molecule has 0 amide bonds. The monoisotopic (exact) mass is 617 g/mol. The highest BCUT2D eigenvalue weighted by Gasteiger charge is 2.30. The van der Waals surface area contributed by atoms with Gasteiger partial charge in [-0.05, 0) is 70.0 Å². The van der Waals surface area contributed by atoms with Crippen LogP contribution in [0.5, 0.6) is 0 Å².